The number of carbonyl (C=O) groups is 1. The standard InChI is InChI=1S/C22H16F3N5O/c23-22(24,25)20-9-13(5-7-26-20)19-10-17-14(11-27-19)3-4-18(17)29-21(31)15-8-16-2-1-6-28-30(16)12-15/h1-2,5-12,18H,3-4H2,(H,29,31). The molecule has 4 aromatic rings. The number of carbonyl (C=O) groups excluding carboxylic acids is 1. The molecule has 1 aliphatic rings. The summed E-state index contributed by atoms with van der Waals surface area (Å²) < 4.78 is 40.7. The largest absolute Gasteiger partial charge is 0.433 e. The van der Waals surface area contributed by atoms with E-state index in [-0.39, 0.29) is 11.9 Å². The van der Waals surface area contributed by atoms with E-state index in [1.165, 1.54) is 6.07 Å². The third-order valence-corrected chi connectivity index (χ3v) is 5.39. The highest BCUT2D eigenvalue weighted by molar-refractivity contribution is 5.95. The maximum atomic E-state index is 13.0. The second-order valence-corrected chi connectivity index (χ2v) is 7.38. The van der Waals surface area contributed by atoms with E-state index in [9.17, 15) is 18.0 Å². The molecule has 1 aliphatic carbocycles. The topological polar surface area (TPSA) is 72.2 Å². The highest BCUT2D eigenvalue weighted by atomic mass is 19.4. The van der Waals surface area contributed by atoms with Gasteiger partial charge in [0.05, 0.1) is 22.8 Å². The van der Waals surface area contributed by atoms with Crippen LogP contribution in [0.1, 0.15) is 39.6 Å². The highest BCUT2D eigenvalue weighted by Gasteiger charge is 2.33. The summed E-state index contributed by atoms with van der Waals surface area (Å²) >= 11 is 0. The Morgan fingerprint density at radius 1 is 1.13 bits per heavy atom. The fourth-order valence-corrected chi connectivity index (χ4v) is 3.85. The van der Waals surface area contributed by atoms with E-state index in [0.717, 1.165) is 35.3 Å². The van der Waals surface area contributed by atoms with Crippen LogP contribution in [0.15, 0.2) is 61.2 Å². The van der Waals surface area contributed by atoms with E-state index in [4.69, 9.17) is 0 Å². The average molecular weight is 423 g/mol. The summed E-state index contributed by atoms with van der Waals surface area (Å²) in [4.78, 5) is 20.5. The molecule has 1 amide bonds. The third-order valence-electron chi connectivity index (χ3n) is 5.39. The van der Waals surface area contributed by atoms with Crippen LogP contribution < -0.4 is 5.32 Å². The number of hydrogen-bond acceptors (Lipinski definition) is 4. The van der Waals surface area contributed by atoms with Gasteiger partial charge in [-0.1, -0.05) is 0 Å². The smallest absolute Gasteiger partial charge is 0.345 e. The van der Waals surface area contributed by atoms with Gasteiger partial charge in [-0.2, -0.15) is 18.3 Å². The van der Waals surface area contributed by atoms with Gasteiger partial charge < -0.3 is 5.32 Å². The molecule has 0 saturated heterocycles. The minimum Gasteiger partial charge on any atom is -0.345 e. The number of nitrogens with zero attached hydrogens (tertiary/aromatic N) is 4. The molecule has 156 valence electrons. The van der Waals surface area contributed by atoms with E-state index in [0.29, 0.717) is 23.2 Å². The van der Waals surface area contributed by atoms with E-state index >= 15 is 0 Å². The number of halogens is 3. The predicted octanol–water partition coefficient (Wildman–Crippen LogP) is 4.23. The molecule has 0 aliphatic heterocycles. The second kappa shape index (κ2) is 7.19. The summed E-state index contributed by atoms with van der Waals surface area (Å²) in [6, 6.07) is 9.39. The number of amides is 1. The Morgan fingerprint density at radius 3 is 2.81 bits per heavy atom. The van der Waals surface area contributed by atoms with Crippen LogP contribution >= 0.6 is 0 Å². The molecule has 1 atom stereocenters. The first kappa shape index (κ1) is 19.2. The quantitative estimate of drug-likeness (QED) is 0.535. The molecule has 0 aromatic carbocycles. The fourth-order valence-electron chi connectivity index (χ4n) is 3.85. The Balaban J connectivity index is 1.42. The summed E-state index contributed by atoms with van der Waals surface area (Å²) in [6.07, 6.45) is 2.99. The lowest BCUT2D eigenvalue weighted by atomic mass is 10.0. The van der Waals surface area contributed by atoms with Crippen molar-refractivity contribution in [2.45, 2.75) is 25.1 Å². The van der Waals surface area contributed by atoms with E-state index in [1.807, 2.05) is 6.07 Å². The number of fused-ring (bicyclic) bond motifs is 2. The second-order valence-electron chi connectivity index (χ2n) is 7.38. The molecule has 0 bridgehead atoms. The maximum Gasteiger partial charge on any atom is 0.433 e. The van der Waals surface area contributed by atoms with Crippen LogP contribution in [0.5, 0.6) is 0 Å². The molecule has 31 heavy (non-hydrogen) atoms. The van der Waals surface area contributed by atoms with Crippen molar-refractivity contribution in [1.29, 1.82) is 0 Å². The number of rotatable bonds is 3. The first-order valence-corrected chi connectivity index (χ1v) is 9.65. The number of aryl methyl sites for hydroxylation is 1. The van der Waals surface area contributed by atoms with Gasteiger partial charge in [0.25, 0.3) is 5.91 Å². The summed E-state index contributed by atoms with van der Waals surface area (Å²) in [7, 11) is 0. The van der Waals surface area contributed by atoms with Crippen LogP contribution in [0.3, 0.4) is 0 Å². The van der Waals surface area contributed by atoms with Crippen molar-refractivity contribution in [2.24, 2.45) is 0 Å². The molecule has 0 radical (unpaired) electrons. The SMILES string of the molecule is O=C(NC1CCc2cnc(-c3ccnc(C(F)(F)F)c3)cc21)c1cc2cccnn2c1. The number of pyridine rings is 2. The molecule has 6 nitrogen and oxygen atoms in total. The summed E-state index contributed by atoms with van der Waals surface area (Å²) in [6.45, 7) is 0. The first-order chi connectivity index (χ1) is 14.9. The lowest BCUT2D eigenvalue weighted by molar-refractivity contribution is -0.141. The molecule has 0 spiro atoms. The molecule has 4 aromatic heterocycles. The van der Waals surface area contributed by atoms with Crippen LogP contribution in [0.4, 0.5) is 13.2 Å². The summed E-state index contributed by atoms with van der Waals surface area (Å²) in [5.74, 6) is -0.231. The first-order valence-electron chi connectivity index (χ1n) is 9.65. The van der Waals surface area contributed by atoms with Crippen molar-refractivity contribution in [1.82, 2.24) is 24.9 Å². The van der Waals surface area contributed by atoms with Crippen molar-refractivity contribution in [3.8, 4) is 11.3 Å². The van der Waals surface area contributed by atoms with Gasteiger partial charge in [-0.15, -0.1) is 0 Å². The third kappa shape index (κ3) is 3.63. The summed E-state index contributed by atoms with van der Waals surface area (Å²) in [5.41, 5.74) is 2.91. The number of alkyl halides is 3. The normalized spacial score (nSPS) is 15.8. The fraction of sp³-hybridized carbons (Fsp3) is 0.182. The zero-order valence-corrected chi connectivity index (χ0v) is 16.1. The van der Waals surface area contributed by atoms with Crippen molar-refractivity contribution in [2.75, 3.05) is 0 Å². The Kier molecular flexibility index (Phi) is 4.46. The van der Waals surface area contributed by atoms with Gasteiger partial charge >= 0.3 is 6.18 Å². The molecular formula is C22H16F3N5O. The Hall–Kier alpha value is -3.75. The minimum atomic E-state index is -4.53. The van der Waals surface area contributed by atoms with Gasteiger partial charge in [-0.25, -0.2) is 4.52 Å². The van der Waals surface area contributed by atoms with E-state index in [2.05, 4.69) is 20.4 Å². The van der Waals surface area contributed by atoms with Crippen molar-refractivity contribution in [3.63, 3.8) is 0 Å². The molecular weight excluding hydrogens is 407 g/mol. The van der Waals surface area contributed by atoms with Crippen LogP contribution in [0.25, 0.3) is 16.8 Å². The molecule has 9 heteroatoms. The number of nitrogens with one attached hydrogen (secondary N) is 1. The van der Waals surface area contributed by atoms with Gasteiger partial charge in [-0.3, -0.25) is 14.8 Å². The van der Waals surface area contributed by atoms with Crippen LogP contribution in [-0.2, 0) is 12.6 Å². The minimum absolute atomic E-state index is 0.231. The number of hydrogen-bond donors (Lipinski definition) is 1. The van der Waals surface area contributed by atoms with Gasteiger partial charge in [0.1, 0.15) is 5.69 Å². The highest BCUT2D eigenvalue weighted by Crippen LogP contribution is 2.35. The van der Waals surface area contributed by atoms with Crippen LogP contribution in [0.2, 0.25) is 0 Å². The Morgan fingerprint density at radius 2 is 2.00 bits per heavy atom. The van der Waals surface area contributed by atoms with Crippen LogP contribution in [0, 0.1) is 0 Å². The average Bonchev–Trinajstić information content (AvgIpc) is 3.37. The van der Waals surface area contributed by atoms with E-state index in [1.54, 1.807) is 41.3 Å². The van der Waals surface area contributed by atoms with Gasteiger partial charge in [0, 0.05) is 30.4 Å². The number of aromatic nitrogens is 4. The zero-order chi connectivity index (χ0) is 21.6. The molecule has 1 unspecified atom stereocenters. The molecule has 0 fully saturated rings. The Labute approximate surface area is 174 Å². The van der Waals surface area contributed by atoms with Gasteiger partial charge in [-0.05, 0) is 60.4 Å². The molecule has 5 rings (SSSR count). The van der Waals surface area contributed by atoms with Crippen LogP contribution in [-0.4, -0.2) is 25.5 Å². The lowest BCUT2D eigenvalue weighted by Gasteiger charge is -2.15. The lowest BCUT2D eigenvalue weighted by Crippen LogP contribution is -2.26. The maximum absolute atomic E-state index is 13.0. The summed E-state index contributed by atoms with van der Waals surface area (Å²) in [5, 5.41) is 7.19. The monoisotopic (exact) mass is 423 g/mol. The van der Waals surface area contributed by atoms with Gasteiger partial charge in [0.15, 0.2) is 0 Å². The molecule has 1 N–H and O–H groups in total. The van der Waals surface area contributed by atoms with Crippen molar-refractivity contribution < 1.29 is 18.0 Å². The zero-order valence-electron chi connectivity index (χ0n) is 16.1. The Bertz CT molecular complexity index is 1260. The van der Waals surface area contributed by atoms with E-state index < -0.39 is 11.9 Å². The van der Waals surface area contributed by atoms with Crippen molar-refractivity contribution >= 4 is 11.4 Å². The molecule has 4 heterocycles. The molecule has 0 saturated carbocycles. The van der Waals surface area contributed by atoms with Gasteiger partial charge in [0.2, 0.25) is 0 Å². The van der Waals surface area contributed by atoms with Crippen molar-refractivity contribution in [3.05, 3.63) is 83.6 Å². The predicted molar refractivity (Wildman–Crippen MR) is 106 cm³/mol.